The Morgan fingerprint density at radius 3 is 1.08 bits per heavy atom. The van der Waals surface area contributed by atoms with E-state index < -0.39 is 54.5 Å². The lowest BCUT2D eigenvalue weighted by Crippen LogP contribution is -2.45. The highest BCUT2D eigenvalue weighted by atomic mass is 16.6. The van der Waals surface area contributed by atoms with Gasteiger partial charge in [0.15, 0.2) is 6.10 Å². The van der Waals surface area contributed by atoms with Gasteiger partial charge in [-0.1, -0.05) is 193 Å². The van der Waals surface area contributed by atoms with Crippen molar-refractivity contribution in [1.82, 2.24) is 14.7 Å². The molecule has 0 aromatic heterocycles. The number of nitrogens with zero attached hydrogens (tertiary/aromatic N) is 3. The van der Waals surface area contributed by atoms with Gasteiger partial charge in [-0.15, -0.1) is 0 Å². The minimum absolute atomic E-state index is 0.00942. The lowest BCUT2D eigenvalue weighted by molar-refractivity contribution is -0.149. The van der Waals surface area contributed by atoms with Gasteiger partial charge in [-0.25, -0.2) is 9.59 Å². The molecule has 0 radical (unpaired) electrons. The van der Waals surface area contributed by atoms with E-state index in [4.69, 9.17) is 52.1 Å². The van der Waals surface area contributed by atoms with Gasteiger partial charge in [0.05, 0.1) is 72.6 Å². The molecule has 0 aromatic rings. The Kier molecular flexibility index (Phi) is 63.4. The van der Waals surface area contributed by atoms with Crippen LogP contribution in [0.3, 0.4) is 0 Å². The van der Waals surface area contributed by atoms with Crippen LogP contribution in [0.1, 0.15) is 281 Å². The van der Waals surface area contributed by atoms with E-state index in [1.807, 2.05) is 4.90 Å². The molecule has 3 amide bonds. The SMILES string of the molecule is CCCCCCCC/C=C\CCCCCCCCOCC(OCCCCCCCC/C=C\CCCCCCCC)C(=O)N(CCCCCCCC)CCOCCOCCOCCOCCOC(=O)CN(CCOC(=O)CN(CCOC)C(=O)OC(C)(C)C)C(=O)OC(C)(C)C. The highest BCUT2D eigenvalue weighted by Gasteiger charge is 2.28. The average Bonchev–Trinajstić information content (AvgIpc) is 1.40. The first kappa shape index (κ1) is 91.2. The summed E-state index contributed by atoms with van der Waals surface area (Å²) in [5, 5.41) is 0. The van der Waals surface area contributed by atoms with E-state index in [1.54, 1.807) is 41.5 Å². The summed E-state index contributed by atoms with van der Waals surface area (Å²) in [5.41, 5.74) is -1.63. The molecule has 0 fully saturated rings. The number of amides is 3. The second-order valence-electron chi connectivity index (χ2n) is 27.1. The molecule has 0 aromatic carbocycles. The fraction of sp³-hybridized carbons (Fsp3) is 0.882. The van der Waals surface area contributed by atoms with Crippen molar-refractivity contribution >= 4 is 30.0 Å². The van der Waals surface area contributed by atoms with E-state index in [-0.39, 0.29) is 58.6 Å². The molecule has 0 aliphatic rings. The van der Waals surface area contributed by atoms with Crippen molar-refractivity contribution in [2.24, 2.45) is 0 Å². The molecular formula is C76H143N3O16. The van der Waals surface area contributed by atoms with Gasteiger partial charge in [-0.3, -0.25) is 24.2 Å². The van der Waals surface area contributed by atoms with Crippen molar-refractivity contribution in [3.05, 3.63) is 24.3 Å². The third-order valence-corrected chi connectivity index (χ3v) is 15.7. The van der Waals surface area contributed by atoms with Crippen LogP contribution in [0.5, 0.6) is 0 Å². The summed E-state index contributed by atoms with van der Waals surface area (Å²) < 4.78 is 62.3. The van der Waals surface area contributed by atoms with Crippen LogP contribution in [0.15, 0.2) is 24.3 Å². The maximum atomic E-state index is 14.4. The number of esters is 2. The molecule has 19 heteroatoms. The zero-order chi connectivity index (χ0) is 70.0. The number of ether oxygens (including phenoxy) is 11. The van der Waals surface area contributed by atoms with Crippen molar-refractivity contribution < 1.29 is 76.1 Å². The van der Waals surface area contributed by atoms with Crippen molar-refractivity contribution in [3.63, 3.8) is 0 Å². The topological polar surface area (TPSA) is 197 Å². The predicted octanol–water partition coefficient (Wildman–Crippen LogP) is 16.9. The second kappa shape index (κ2) is 66.1. The average molecular weight is 1350 g/mol. The number of rotatable bonds is 68. The molecule has 19 nitrogen and oxygen atoms in total. The Morgan fingerprint density at radius 1 is 0.337 bits per heavy atom. The summed E-state index contributed by atoms with van der Waals surface area (Å²) in [7, 11) is 1.47. The van der Waals surface area contributed by atoms with E-state index in [1.165, 1.54) is 185 Å². The highest BCUT2D eigenvalue weighted by Crippen LogP contribution is 2.17. The minimum atomic E-state index is -0.855. The second-order valence-corrected chi connectivity index (χ2v) is 27.1. The monoisotopic (exact) mass is 1350 g/mol. The Hall–Kier alpha value is -3.85. The molecule has 0 bridgehead atoms. The van der Waals surface area contributed by atoms with Crippen LogP contribution < -0.4 is 0 Å². The number of carbonyl (C=O) groups is 5. The molecule has 95 heavy (non-hydrogen) atoms. The van der Waals surface area contributed by atoms with Gasteiger partial charge in [0, 0.05) is 40.0 Å². The Labute approximate surface area is 579 Å². The quantitative estimate of drug-likeness (QED) is 0.0241. The Bertz CT molecular complexity index is 1840. The van der Waals surface area contributed by atoms with Crippen LogP contribution in [-0.2, 0) is 66.5 Å². The molecule has 0 aliphatic heterocycles. The zero-order valence-corrected chi connectivity index (χ0v) is 62.4. The summed E-state index contributed by atoms with van der Waals surface area (Å²) in [6, 6.07) is 0. The third-order valence-electron chi connectivity index (χ3n) is 15.7. The summed E-state index contributed by atoms with van der Waals surface area (Å²) in [5.74, 6) is -1.45. The normalized spacial score (nSPS) is 12.2. The smallest absolute Gasteiger partial charge is 0.410 e. The maximum absolute atomic E-state index is 14.4. The molecule has 0 N–H and O–H groups in total. The van der Waals surface area contributed by atoms with Crippen LogP contribution in [-0.4, -0.2) is 201 Å². The van der Waals surface area contributed by atoms with Crippen molar-refractivity contribution in [3.8, 4) is 0 Å². The van der Waals surface area contributed by atoms with E-state index in [2.05, 4.69) is 45.1 Å². The standard InChI is InChI=1S/C76H143N3O16/c1-11-14-17-20-23-25-27-29-31-33-35-37-39-41-44-47-53-90-68-69(91-54-48-45-42-40-38-36-34-32-30-28-26-24-21-18-15-12-2)72(82)77(49-46-43-22-19-16-13-3)51-56-86-58-59-87-60-61-88-62-63-89-64-65-93-71(81)67-79(74(84)95-76(7,8)9)52-57-92-70(80)66-78(50-55-85-10)73(83)94-75(4,5)6/h29-32,69H,11-28,33-68H2,1-10H3/b31-29-,32-30-. The van der Waals surface area contributed by atoms with Gasteiger partial charge >= 0.3 is 24.1 Å². The number of unbranched alkanes of at least 4 members (excludes halogenated alkanes) is 29. The third kappa shape index (κ3) is 63.4. The Morgan fingerprint density at radius 2 is 0.674 bits per heavy atom. The number of hydrogen-bond acceptors (Lipinski definition) is 16. The first-order chi connectivity index (χ1) is 46.0. The van der Waals surface area contributed by atoms with Gasteiger partial charge in [0.2, 0.25) is 0 Å². The fourth-order valence-corrected chi connectivity index (χ4v) is 10.2. The summed E-state index contributed by atoms with van der Waals surface area (Å²) in [6.45, 7) is 21.0. The molecule has 0 saturated heterocycles. The number of hydrogen-bond donors (Lipinski definition) is 0. The first-order valence-electron chi connectivity index (χ1n) is 37.8. The fourth-order valence-electron chi connectivity index (χ4n) is 10.2. The Balaban J connectivity index is 5.01. The van der Waals surface area contributed by atoms with Crippen LogP contribution in [0, 0.1) is 0 Å². The van der Waals surface area contributed by atoms with Crippen LogP contribution in [0.25, 0.3) is 0 Å². The molecule has 0 rings (SSSR count). The maximum Gasteiger partial charge on any atom is 0.410 e. The molecule has 558 valence electrons. The summed E-state index contributed by atoms with van der Waals surface area (Å²) in [6.07, 6.45) is 49.3. The van der Waals surface area contributed by atoms with Crippen LogP contribution in [0.2, 0.25) is 0 Å². The van der Waals surface area contributed by atoms with Crippen LogP contribution in [0.4, 0.5) is 9.59 Å². The zero-order valence-electron chi connectivity index (χ0n) is 62.4. The molecule has 1 atom stereocenters. The first-order valence-corrected chi connectivity index (χ1v) is 37.8. The van der Waals surface area contributed by atoms with E-state index >= 15 is 0 Å². The van der Waals surface area contributed by atoms with Crippen molar-refractivity contribution in [1.29, 1.82) is 0 Å². The largest absolute Gasteiger partial charge is 0.462 e. The molecule has 1 unspecified atom stereocenters. The number of methoxy groups -OCH3 is 1. The van der Waals surface area contributed by atoms with Gasteiger partial charge in [-0.2, -0.15) is 0 Å². The molecule has 0 aliphatic carbocycles. The van der Waals surface area contributed by atoms with Gasteiger partial charge < -0.3 is 57.0 Å². The predicted molar refractivity (Wildman–Crippen MR) is 382 cm³/mol. The summed E-state index contributed by atoms with van der Waals surface area (Å²) >= 11 is 0. The lowest BCUT2D eigenvalue weighted by atomic mass is 10.1. The van der Waals surface area contributed by atoms with Crippen molar-refractivity contribution in [2.75, 3.05) is 139 Å². The summed E-state index contributed by atoms with van der Waals surface area (Å²) in [4.78, 5) is 69.7. The van der Waals surface area contributed by atoms with E-state index in [0.29, 0.717) is 65.9 Å². The van der Waals surface area contributed by atoms with E-state index in [0.717, 1.165) is 49.8 Å². The van der Waals surface area contributed by atoms with Crippen LogP contribution >= 0.6 is 0 Å². The lowest BCUT2D eigenvalue weighted by Gasteiger charge is -2.28. The highest BCUT2D eigenvalue weighted by molar-refractivity contribution is 5.81. The number of carbonyl (C=O) groups excluding carboxylic acids is 5. The number of allylic oxidation sites excluding steroid dienone is 4. The minimum Gasteiger partial charge on any atom is -0.462 e. The van der Waals surface area contributed by atoms with Crippen molar-refractivity contribution in [2.45, 2.75) is 298 Å². The molecular weight excluding hydrogens is 1210 g/mol. The van der Waals surface area contributed by atoms with Gasteiger partial charge in [-0.05, 0) is 112 Å². The molecule has 0 spiro atoms. The van der Waals surface area contributed by atoms with E-state index in [9.17, 15) is 24.0 Å². The molecule has 0 saturated carbocycles. The molecule has 0 heterocycles. The van der Waals surface area contributed by atoms with Gasteiger partial charge in [0.25, 0.3) is 5.91 Å². The van der Waals surface area contributed by atoms with Gasteiger partial charge in [0.1, 0.15) is 37.5 Å².